The molecule has 0 bridgehead atoms. The van der Waals surface area contributed by atoms with E-state index in [0.717, 1.165) is 30.0 Å². The number of aromatic nitrogens is 2. The summed E-state index contributed by atoms with van der Waals surface area (Å²) in [5.74, 6) is 1.23. The van der Waals surface area contributed by atoms with Crippen LogP contribution in [0.4, 0.5) is 23.1 Å². The highest BCUT2D eigenvalue weighted by molar-refractivity contribution is 5.95. The molecule has 0 saturated heterocycles. The predicted molar refractivity (Wildman–Crippen MR) is 110 cm³/mol. The average molecular weight is 360 g/mol. The van der Waals surface area contributed by atoms with E-state index in [2.05, 4.69) is 52.6 Å². The Hall–Kier alpha value is -3.21. The maximum atomic E-state index is 11.6. The Morgan fingerprint density at radius 3 is 2.33 bits per heavy atom. The van der Waals surface area contributed by atoms with E-state index >= 15 is 0 Å². The molecule has 1 aromatic heterocycles. The summed E-state index contributed by atoms with van der Waals surface area (Å²) < 4.78 is 0. The van der Waals surface area contributed by atoms with E-state index in [1.807, 2.05) is 18.2 Å². The van der Waals surface area contributed by atoms with Crippen LogP contribution in [0, 0.1) is 0 Å². The van der Waals surface area contributed by atoms with Gasteiger partial charge < -0.3 is 10.6 Å². The van der Waals surface area contributed by atoms with Crippen LogP contribution in [0.25, 0.3) is 0 Å². The number of anilines is 4. The van der Waals surface area contributed by atoms with Crippen molar-refractivity contribution >= 4 is 28.9 Å². The van der Waals surface area contributed by atoms with Crippen LogP contribution in [0.3, 0.4) is 0 Å². The molecule has 3 aromatic rings. The normalized spacial score (nSPS) is 10.5. The van der Waals surface area contributed by atoms with E-state index in [1.165, 1.54) is 11.1 Å². The van der Waals surface area contributed by atoms with Gasteiger partial charge in [-0.2, -0.15) is 4.98 Å². The van der Waals surface area contributed by atoms with Crippen molar-refractivity contribution < 1.29 is 4.79 Å². The maximum Gasteiger partial charge on any atom is 0.229 e. The molecular weight excluding hydrogens is 336 g/mol. The highest BCUT2D eigenvalue weighted by Crippen LogP contribution is 2.26. The van der Waals surface area contributed by atoms with Crippen molar-refractivity contribution in [3.05, 3.63) is 71.4 Å². The molecule has 2 N–H and O–H groups in total. The van der Waals surface area contributed by atoms with Gasteiger partial charge >= 0.3 is 0 Å². The van der Waals surface area contributed by atoms with Crippen molar-refractivity contribution in [2.45, 2.75) is 33.6 Å². The van der Waals surface area contributed by atoms with Gasteiger partial charge in [0.15, 0.2) is 5.78 Å². The van der Waals surface area contributed by atoms with E-state index < -0.39 is 0 Å². The summed E-state index contributed by atoms with van der Waals surface area (Å²) in [7, 11) is 0. The number of ketones is 1. The number of nitrogens with one attached hydrogen (secondary N) is 2. The molecule has 0 saturated carbocycles. The van der Waals surface area contributed by atoms with Crippen LogP contribution < -0.4 is 10.6 Å². The molecule has 0 aliphatic heterocycles. The van der Waals surface area contributed by atoms with Gasteiger partial charge in [0.2, 0.25) is 5.95 Å². The van der Waals surface area contributed by atoms with E-state index in [-0.39, 0.29) is 5.78 Å². The van der Waals surface area contributed by atoms with E-state index in [1.54, 1.807) is 25.3 Å². The van der Waals surface area contributed by atoms with Crippen LogP contribution in [0.2, 0.25) is 0 Å². The molecule has 2 aromatic carbocycles. The maximum absolute atomic E-state index is 11.6. The lowest BCUT2D eigenvalue weighted by Crippen LogP contribution is -2.04. The Labute approximate surface area is 159 Å². The molecule has 27 heavy (non-hydrogen) atoms. The second-order valence-electron chi connectivity index (χ2n) is 6.31. The number of carbonyl (C=O) groups excluding carboxylic acids is 1. The molecule has 1 heterocycles. The molecular formula is C22H24N4O. The van der Waals surface area contributed by atoms with Gasteiger partial charge in [-0.1, -0.05) is 44.2 Å². The van der Waals surface area contributed by atoms with Crippen molar-refractivity contribution in [3.63, 3.8) is 0 Å². The largest absolute Gasteiger partial charge is 0.340 e. The van der Waals surface area contributed by atoms with Crippen LogP contribution in [0.15, 0.2) is 54.7 Å². The van der Waals surface area contributed by atoms with Crippen LogP contribution in [0.1, 0.15) is 42.3 Å². The van der Waals surface area contributed by atoms with Crippen molar-refractivity contribution in [2.24, 2.45) is 0 Å². The van der Waals surface area contributed by atoms with Crippen molar-refractivity contribution in [3.8, 4) is 0 Å². The second-order valence-corrected chi connectivity index (χ2v) is 6.31. The zero-order chi connectivity index (χ0) is 19.2. The van der Waals surface area contributed by atoms with Gasteiger partial charge in [0.1, 0.15) is 5.82 Å². The minimum absolute atomic E-state index is 0.0262. The van der Waals surface area contributed by atoms with Crippen molar-refractivity contribution in [1.29, 1.82) is 0 Å². The SMILES string of the molecule is CCc1cccc(CC)c1Nc1ccnc(Nc2cccc(C(C)=O)c2)n1. The molecule has 0 atom stereocenters. The molecule has 5 heteroatoms. The van der Waals surface area contributed by atoms with Gasteiger partial charge in [0.05, 0.1) is 0 Å². The molecule has 0 amide bonds. The van der Waals surface area contributed by atoms with E-state index in [4.69, 9.17) is 0 Å². The third kappa shape index (κ3) is 4.50. The van der Waals surface area contributed by atoms with Crippen molar-refractivity contribution in [2.75, 3.05) is 10.6 Å². The Kier molecular flexibility index (Phi) is 5.81. The quantitative estimate of drug-likeness (QED) is 0.560. The Balaban J connectivity index is 1.85. The topological polar surface area (TPSA) is 66.9 Å². The number of carbonyl (C=O) groups is 1. The number of nitrogens with zero attached hydrogens (tertiary/aromatic N) is 2. The summed E-state index contributed by atoms with van der Waals surface area (Å²) in [6, 6.07) is 15.5. The lowest BCUT2D eigenvalue weighted by atomic mass is 10.0. The molecule has 0 aliphatic rings. The van der Waals surface area contributed by atoms with Gasteiger partial charge in [-0.25, -0.2) is 4.98 Å². The molecule has 0 aliphatic carbocycles. The lowest BCUT2D eigenvalue weighted by molar-refractivity contribution is 0.101. The molecule has 0 radical (unpaired) electrons. The fourth-order valence-corrected chi connectivity index (χ4v) is 2.96. The summed E-state index contributed by atoms with van der Waals surface area (Å²) in [5.41, 5.74) is 5.07. The Bertz CT molecular complexity index is 930. The monoisotopic (exact) mass is 360 g/mol. The number of Topliss-reactive ketones (excluding diaryl/α,β-unsaturated/α-hetero) is 1. The van der Waals surface area contributed by atoms with Crippen LogP contribution >= 0.6 is 0 Å². The number of aryl methyl sites for hydroxylation is 2. The smallest absolute Gasteiger partial charge is 0.229 e. The number of rotatable bonds is 7. The molecule has 0 spiro atoms. The second kappa shape index (κ2) is 8.45. The van der Waals surface area contributed by atoms with Gasteiger partial charge in [0.25, 0.3) is 0 Å². The number of hydrogen-bond acceptors (Lipinski definition) is 5. The molecule has 3 rings (SSSR count). The highest BCUT2D eigenvalue weighted by Gasteiger charge is 2.08. The standard InChI is InChI=1S/C22H24N4O/c1-4-16-8-6-9-17(5-2)21(16)25-20-12-13-23-22(26-20)24-19-11-7-10-18(14-19)15(3)27/h6-14H,4-5H2,1-3H3,(H2,23,24,25,26). The van der Waals surface area contributed by atoms with Crippen LogP contribution in [-0.2, 0) is 12.8 Å². The first-order chi connectivity index (χ1) is 13.1. The first kappa shape index (κ1) is 18.6. The van der Waals surface area contributed by atoms with Gasteiger partial charge in [-0.05, 0) is 49.1 Å². The van der Waals surface area contributed by atoms with Gasteiger partial charge in [-0.3, -0.25) is 4.79 Å². The van der Waals surface area contributed by atoms with Gasteiger partial charge in [0, 0.05) is 23.1 Å². The first-order valence-electron chi connectivity index (χ1n) is 9.19. The van der Waals surface area contributed by atoms with E-state index in [9.17, 15) is 4.79 Å². The minimum atomic E-state index is 0.0262. The fraction of sp³-hybridized carbons (Fsp3) is 0.227. The zero-order valence-electron chi connectivity index (χ0n) is 15.9. The van der Waals surface area contributed by atoms with Crippen LogP contribution in [-0.4, -0.2) is 15.8 Å². The number of benzene rings is 2. The summed E-state index contributed by atoms with van der Waals surface area (Å²) in [6.07, 6.45) is 3.61. The molecule has 0 fully saturated rings. The minimum Gasteiger partial charge on any atom is -0.340 e. The third-order valence-corrected chi connectivity index (χ3v) is 4.43. The van der Waals surface area contributed by atoms with E-state index in [0.29, 0.717) is 11.5 Å². The Morgan fingerprint density at radius 1 is 0.963 bits per heavy atom. The molecule has 138 valence electrons. The average Bonchev–Trinajstić information content (AvgIpc) is 2.68. The zero-order valence-corrected chi connectivity index (χ0v) is 15.9. The highest BCUT2D eigenvalue weighted by atomic mass is 16.1. The van der Waals surface area contributed by atoms with Gasteiger partial charge in [-0.15, -0.1) is 0 Å². The first-order valence-corrected chi connectivity index (χ1v) is 9.19. The fourth-order valence-electron chi connectivity index (χ4n) is 2.96. The lowest BCUT2D eigenvalue weighted by Gasteiger charge is -2.15. The molecule has 5 nitrogen and oxygen atoms in total. The number of para-hydroxylation sites is 1. The Morgan fingerprint density at radius 2 is 1.67 bits per heavy atom. The summed E-state index contributed by atoms with van der Waals surface area (Å²) in [4.78, 5) is 20.4. The summed E-state index contributed by atoms with van der Waals surface area (Å²) in [5, 5.41) is 6.62. The summed E-state index contributed by atoms with van der Waals surface area (Å²) in [6.45, 7) is 5.85. The molecule has 0 unspecified atom stereocenters. The number of hydrogen-bond donors (Lipinski definition) is 2. The van der Waals surface area contributed by atoms with Crippen molar-refractivity contribution in [1.82, 2.24) is 9.97 Å². The summed E-state index contributed by atoms with van der Waals surface area (Å²) >= 11 is 0. The third-order valence-electron chi connectivity index (χ3n) is 4.43. The van der Waals surface area contributed by atoms with Crippen LogP contribution in [0.5, 0.6) is 0 Å². The predicted octanol–water partition coefficient (Wildman–Crippen LogP) is 5.29.